The van der Waals surface area contributed by atoms with Crippen LogP contribution in [-0.2, 0) is 6.54 Å². The van der Waals surface area contributed by atoms with Gasteiger partial charge in [0.2, 0.25) is 11.7 Å². The quantitative estimate of drug-likeness (QED) is 0.658. The molecule has 0 unspecified atom stereocenters. The maximum absolute atomic E-state index is 6.14. The maximum atomic E-state index is 6.14. The SMILES string of the molecule is Cc1ccc(NC(=S)NCc2nc(-c3ccccc3Cl)no2)c(C)c1. The van der Waals surface area contributed by atoms with Gasteiger partial charge in [-0.3, -0.25) is 0 Å². The Hall–Kier alpha value is -2.44. The zero-order valence-electron chi connectivity index (χ0n) is 13.8. The molecule has 128 valence electrons. The van der Waals surface area contributed by atoms with E-state index in [1.54, 1.807) is 6.07 Å². The normalized spacial score (nSPS) is 10.5. The smallest absolute Gasteiger partial charge is 0.246 e. The van der Waals surface area contributed by atoms with Crippen LogP contribution in [0.3, 0.4) is 0 Å². The largest absolute Gasteiger partial charge is 0.353 e. The molecule has 2 N–H and O–H groups in total. The molecule has 0 atom stereocenters. The lowest BCUT2D eigenvalue weighted by Gasteiger charge is -2.11. The third-order valence-corrected chi connectivity index (χ3v) is 4.19. The Labute approximate surface area is 156 Å². The van der Waals surface area contributed by atoms with Crippen molar-refractivity contribution >= 4 is 34.6 Å². The topological polar surface area (TPSA) is 63.0 Å². The summed E-state index contributed by atoms with van der Waals surface area (Å²) in [5.74, 6) is 0.885. The number of rotatable bonds is 4. The van der Waals surface area contributed by atoms with Gasteiger partial charge in [-0.1, -0.05) is 46.6 Å². The van der Waals surface area contributed by atoms with Crippen LogP contribution in [0.1, 0.15) is 17.0 Å². The molecule has 25 heavy (non-hydrogen) atoms. The predicted octanol–water partition coefficient (Wildman–Crippen LogP) is 4.49. The third-order valence-electron chi connectivity index (χ3n) is 3.61. The number of aromatic nitrogens is 2. The van der Waals surface area contributed by atoms with Crippen LogP contribution in [0.2, 0.25) is 5.02 Å². The summed E-state index contributed by atoms with van der Waals surface area (Å²) in [4.78, 5) is 4.34. The first-order valence-electron chi connectivity index (χ1n) is 7.72. The number of thiocarbonyl (C=S) groups is 1. The molecule has 0 radical (unpaired) electrons. The summed E-state index contributed by atoms with van der Waals surface area (Å²) in [5.41, 5.74) is 4.03. The van der Waals surface area contributed by atoms with E-state index in [2.05, 4.69) is 33.8 Å². The zero-order valence-corrected chi connectivity index (χ0v) is 15.4. The van der Waals surface area contributed by atoms with Gasteiger partial charge >= 0.3 is 0 Å². The standard InChI is InChI=1S/C18H17ClN4OS/c1-11-7-8-15(12(2)9-11)21-18(25)20-10-16-22-17(23-24-16)13-5-3-4-6-14(13)19/h3-9H,10H2,1-2H3,(H2,20,21,25). The highest BCUT2D eigenvalue weighted by Crippen LogP contribution is 2.24. The van der Waals surface area contributed by atoms with Crippen LogP contribution in [0.15, 0.2) is 47.0 Å². The molecule has 5 nitrogen and oxygen atoms in total. The lowest BCUT2D eigenvalue weighted by atomic mass is 10.1. The fraction of sp³-hybridized carbons (Fsp3) is 0.167. The summed E-state index contributed by atoms with van der Waals surface area (Å²) >= 11 is 11.5. The summed E-state index contributed by atoms with van der Waals surface area (Å²) in [6.07, 6.45) is 0. The summed E-state index contributed by atoms with van der Waals surface area (Å²) in [6.45, 7) is 4.42. The van der Waals surface area contributed by atoms with E-state index in [1.807, 2.05) is 37.3 Å². The van der Waals surface area contributed by atoms with E-state index in [-0.39, 0.29) is 0 Å². The molecule has 3 rings (SSSR count). The Bertz CT molecular complexity index is 910. The van der Waals surface area contributed by atoms with Gasteiger partial charge in [-0.2, -0.15) is 4.98 Å². The van der Waals surface area contributed by atoms with Gasteiger partial charge in [-0.25, -0.2) is 0 Å². The summed E-state index contributed by atoms with van der Waals surface area (Å²) in [5, 5.41) is 11.3. The predicted molar refractivity (Wildman–Crippen MR) is 104 cm³/mol. The van der Waals surface area contributed by atoms with Gasteiger partial charge in [0.1, 0.15) is 0 Å². The second-order valence-corrected chi connectivity index (χ2v) is 6.43. The highest BCUT2D eigenvalue weighted by atomic mass is 35.5. The van der Waals surface area contributed by atoms with Crippen LogP contribution >= 0.6 is 23.8 Å². The first kappa shape index (κ1) is 17.4. The first-order valence-corrected chi connectivity index (χ1v) is 8.51. The zero-order chi connectivity index (χ0) is 17.8. The van der Waals surface area contributed by atoms with E-state index in [9.17, 15) is 0 Å². The van der Waals surface area contributed by atoms with Crippen molar-refractivity contribution < 1.29 is 4.52 Å². The number of halogens is 1. The van der Waals surface area contributed by atoms with Gasteiger partial charge in [-0.15, -0.1) is 0 Å². The minimum atomic E-state index is 0.328. The molecule has 0 bridgehead atoms. The van der Waals surface area contributed by atoms with E-state index in [0.29, 0.717) is 28.4 Å². The fourth-order valence-corrected chi connectivity index (χ4v) is 2.76. The Kier molecular flexibility index (Phi) is 5.31. The van der Waals surface area contributed by atoms with Crippen molar-refractivity contribution in [3.63, 3.8) is 0 Å². The monoisotopic (exact) mass is 372 g/mol. The number of benzene rings is 2. The Morgan fingerprint density at radius 2 is 2.00 bits per heavy atom. The Morgan fingerprint density at radius 1 is 1.20 bits per heavy atom. The summed E-state index contributed by atoms with van der Waals surface area (Å²) in [6, 6.07) is 13.5. The first-order chi connectivity index (χ1) is 12.0. The molecule has 2 aromatic carbocycles. The van der Waals surface area contributed by atoms with Crippen molar-refractivity contribution in [2.75, 3.05) is 5.32 Å². The molecule has 0 fully saturated rings. The van der Waals surface area contributed by atoms with Crippen molar-refractivity contribution in [1.29, 1.82) is 0 Å². The van der Waals surface area contributed by atoms with Crippen molar-refractivity contribution in [2.45, 2.75) is 20.4 Å². The molecule has 0 aliphatic rings. The van der Waals surface area contributed by atoms with E-state index in [4.69, 9.17) is 28.3 Å². The highest BCUT2D eigenvalue weighted by Gasteiger charge is 2.11. The molecular weight excluding hydrogens is 356 g/mol. The van der Waals surface area contributed by atoms with Gasteiger partial charge in [-0.05, 0) is 49.8 Å². The van der Waals surface area contributed by atoms with Crippen molar-refractivity contribution in [3.8, 4) is 11.4 Å². The molecular formula is C18H17ClN4OS. The van der Waals surface area contributed by atoms with Gasteiger partial charge in [0, 0.05) is 11.3 Å². The molecule has 0 aliphatic carbocycles. The number of nitrogens with one attached hydrogen (secondary N) is 2. The van der Waals surface area contributed by atoms with Crippen molar-refractivity contribution in [3.05, 3.63) is 64.5 Å². The van der Waals surface area contributed by atoms with Crippen molar-refractivity contribution in [2.24, 2.45) is 0 Å². The number of anilines is 1. The van der Waals surface area contributed by atoms with Crippen LogP contribution in [-0.4, -0.2) is 15.3 Å². The van der Waals surface area contributed by atoms with E-state index in [0.717, 1.165) is 16.8 Å². The van der Waals surface area contributed by atoms with Gasteiger partial charge in [0.25, 0.3) is 0 Å². The maximum Gasteiger partial charge on any atom is 0.246 e. The Balaban J connectivity index is 1.60. The van der Waals surface area contributed by atoms with E-state index < -0.39 is 0 Å². The van der Waals surface area contributed by atoms with Crippen LogP contribution < -0.4 is 10.6 Å². The number of nitrogens with zero attached hydrogens (tertiary/aromatic N) is 2. The van der Waals surface area contributed by atoms with E-state index >= 15 is 0 Å². The Morgan fingerprint density at radius 3 is 2.76 bits per heavy atom. The molecule has 0 amide bonds. The summed E-state index contributed by atoms with van der Waals surface area (Å²) < 4.78 is 5.24. The average Bonchev–Trinajstić information content (AvgIpc) is 3.05. The highest BCUT2D eigenvalue weighted by molar-refractivity contribution is 7.80. The molecule has 0 saturated heterocycles. The van der Waals surface area contributed by atoms with Gasteiger partial charge < -0.3 is 15.2 Å². The summed E-state index contributed by atoms with van der Waals surface area (Å²) in [7, 11) is 0. The number of aryl methyl sites for hydroxylation is 2. The molecule has 0 saturated carbocycles. The second kappa shape index (κ2) is 7.63. The molecule has 7 heteroatoms. The number of hydrogen-bond acceptors (Lipinski definition) is 4. The third kappa shape index (κ3) is 4.35. The fourth-order valence-electron chi connectivity index (χ4n) is 2.35. The van der Waals surface area contributed by atoms with Crippen molar-refractivity contribution in [1.82, 2.24) is 15.5 Å². The molecule has 1 aromatic heterocycles. The van der Waals surface area contributed by atoms with Crippen LogP contribution in [0.4, 0.5) is 5.69 Å². The minimum Gasteiger partial charge on any atom is -0.353 e. The van der Waals surface area contributed by atoms with E-state index in [1.165, 1.54) is 5.56 Å². The number of hydrogen-bond donors (Lipinski definition) is 2. The minimum absolute atomic E-state index is 0.328. The molecule has 0 aliphatic heterocycles. The lowest BCUT2D eigenvalue weighted by molar-refractivity contribution is 0.376. The molecule has 0 spiro atoms. The van der Waals surface area contributed by atoms with Crippen LogP contribution in [0, 0.1) is 13.8 Å². The lowest BCUT2D eigenvalue weighted by Crippen LogP contribution is -2.28. The second-order valence-electron chi connectivity index (χ2n) is 5.62. The van der Waals surface area contributed by atoms with Gasteiger partial charge in [0.15, 0.2) is 5.11 Å². The molecule has 3 aromatic rings. The molecule has 1 heterocycles. The average molecular weight is 373 g/mol. The van der Waals surface area contributed by atoms with Crippen LogP contribution in [0.25, 0.3) is 11.4 Å². The van der Waals surface area contributed by atoms with Crippen LogP contribution in [0.5, 0.6) is 0 Å². The van der Waals surface area contributed by atoms with Gasteiger partial charge in [0.05, 0.1) is 11.6 Å².